The Kier molecular flexibility index (Phi) is 10.5. The van der Waals surface area contributed by atoms with Crippen LogP contribution >= 0.6 is 11.6 Å². The molecule has 1 aromatic heterocycles. The van der Waals surface area contributed by atoms with Gasteiger partial charge in [-0.05, 0) is 115 Å². The Labute approximate surface area is 309 Å². The lowest BCUT2D eigenvalue weighted by molar-refractivity contribution is -0.154. The van der Waals surface area contributed by atoms with Gasteiger partial charge in [-0.2, -0.15) is 0 Å². The summed E-state index contributed by atoms with van der Waals surface area (Å²) in [6.45, 7) is 12.1. The number of carbonyl (C=O) groups excluding carboxylic acids is 1. The summed E-state index contributed by atoms with van der Waals surface area (Å²) in [6, 6.07) is 14.4. The van der Waals surface area contributed by atoms with Crippen molar-refractivity contribution in [3.05, 3.63) is 75.6 Å². The highest BCUT2D eigenvalue weighted by molar-refractivity contribution is 6.33. The van der Waals surface area contributed by atoms with E-state index in [1.165, 1.54) is 69.4 Å². The molecule has 1 heterocycles. The van der Waals surface area contributed by atoms with Crippen LogP contribution in [0.25, 0.3) is 22.1 Å². The van der Waals surface area contributed by atoms with Crippen molar-refractivity contribution in [1.82, 2.24) is 0 Å². The minimum absolute atomic E-state index is 0.142. The molecule has 0 N–H and O–H groups in total. The van der Waals surface area contributed by atoms with Gasteiger partial charge in [0.05, 0.1) is 5.02 Å². The smallest absolute Gasteiger partial charge is 0.344 e. The fourth-order valence-corrected chi connectivity index (χ4v) is 11.3. The van der Waals surface area contributed by atoms with Crippen LogP contribution < -0.4 is 10.4 Å². The first-order valence-electron chi connectivity index (χ1n) is 19.8. The van der Waals surface area contributed by atoms with Crippen LogP contribution in [0, 0.1) is 46.3 Å². The molecule has 0 aliphatic heterocycles. The van der Waals surface area contributed by atoms with Gasteiger partial charge in [0.15, 0.2) is 6.61 Å². The van der Waals surface area contributed by atoms with Crippen LogP contribution in [-0.2, 0) is 9.53 Å². The summed E-state index contributed by atoms with van der Waals surface area (Å²) >= 11 is 6.62. The maximum Gasteiger partial charge on any atom is 0.344 e. The Morgan fingerprint density at radius 2 is 1.78 bits per heavy atom. The number of halogens is 1. The van der Waals surface area contributed by atoms with Crippen LogP contribution in [0.2, 0.25) is 5.02 Å². The molecule has 3 aromatic rings. The molecular formula is C45H57ClO5. The summed E-state index contributed by atoms with van der Waals surface area (Å²) in [5.74, 6) is 4.76. The van der Waals surface area contributed by atoms with E-state index in [2.05, 4.69) is 40.7 Å². The molecule has 3 fully saturated rings. The largest absolute Gasteiger partial charge is 0.480 e. The molecule has 0 amide bonds. The van der Waals surface area contributed by atoms with Crippen molar-refractivity contribution in [2.45, 2.75) is 118 Å². The lowest BCUT2D eigenvalue weighted by Crippen LogP contribution is -2.52. The van der Waals surface area contributed by atoms with Crippen molar-refractivity contribution >= 4 is 28.5 Å². The van der Waals surface area contributed by atoms with E-state index in [1.807, 2.05) is 30.3 Å². The lowest BCUT2D eigenvalue weighted by atomic mass is 9.44. The second-order valence-electron chi connectivity index (χ2n) is 17.6. The molecule has 7 rings (SSSR count). The number of hydrogen-bond acceptors (Lipinski definition) is 5. The Hall–Kier alpha value is -3.05. The minimum Gasteiger partial charge on any atom is -0.480 e. The third kappa shape index (κ3) is 7.44. The molecule has 4 aliphatic carbocycles. The van der Waals surface area contributed by atoms with Gasteiger partial charge in [-0.3, -0.25) is 0 Å². The second kappa shape index (κ2) is 14.8. The molecule has 6 heteroatoms. The summed E-state index contributed by atoms with van der Waals surface area (Å²) < 4.78 is 17.4. The van der Waals surface area contributed by atoms with Gasteiger partial charge in [-0.25, -0.2) is 9.59 Å². The van der Waals surface area contributed by atoms with E-state index in [4.69, 9.17) is 25.5 Å². The molecule has 2 aromatic carbocycles. The predicted molar refractivity (Wildman–Crippen MR) is 206 cm³/mol. The number of ether oxygens (including phenoxy) is 2. The molecule has 0 unspecified atom stereocenters. The molecular weight excluding hydrogens is 656 g/mol. The van der Waals surface area contributed by atoms with E-state index >= 15 is 0 Å². The summed E-state index contributed by atoms with van der Waals surface area (Å²) in [7, 11) is 0. The van der Waals surface area contributed by atoms with Crippen molar-refractivity contribution in [1.29, 1.82) is 0 Å². The number of carbonyl (C=O) groups is 1. The first kappa shape index (κ1) is 36.3. The highest BCUT2D eigenvalue weighted by Gasteiger charge is 2.56. The number of benzene rings is 2. The van der Waals surface area contributed by atoms with Gasteiger partial charge in [0, 0.05) is 23.9 Å². The van der Waals surface area contributed by atoms with E-state index in [-0.39, 0.29) is 23.9 Å². The fraction of sp³-hybridized carbons (Fsp3) is 0.600. The van der Waals surface area contributed by atoms with Gasteiger partial charge in [-0.1, -0.05) is 107 Å². The monoisotopic (exact) mass is 712 g/mol. The molecule has 274 valence electrons. The van der Waals surface area contributed by atoms with Gasteiger partial charge < -0.3 is 13.9 Å². The topological polar surface area (TPSA) is 65.7 Å². The highest BCUT2D eigenvalue weighted by atomic mass is 35.5. The highest BCUT2D eigenvalue weighted by Crippen LogP contribution is 2.65. The maximum absolute atomic E-state index is 13.1. The molecule has 5 nitrogen and oxygen atoms in total. The third-order valence-electron chi connectivity index (χ3n) is 13.9. The van der Waals surface area contributed by atoms with Crippen LogP contribution in [-0.4, -0.2) is 18.7 Å². The lowest BCUT2D eigenvalue weighted by Gasteiger charge is -2.61. The van der Waals surface area contributed by atoms with Crippen LogP contribution in [0.5, 0.6) is 5.75 Å². The Balaban J connectivity index is 0.959. The van der Waals surface area contributed by atoms with Crippen LogP contribution in [0.1, 0.15) is 112 Å². The van der Waals surface area contributed by atoms with Crippen LogP contribution in [0.15, 0.2) is 69.4 Å². The van der Waals surface area contributed by atoms with Gasteiger partial charge in [0.25, 0.3) is 0 Å². The van der Waals surface area contributed by atoms with Crippen molar-refractivity contribution < 1.29 is 18.7 Å². The molecule has 3 saturated carbocycles. The van der Waals surface area contributed by atoms with Crippen molar-refractivity contribution in [3.63, 3.8) is 0 Å². The van der Waals surface area contributed by atoms with Gasteiger partial charge in [-0.15, -0.1) is 0 Å². The normalized spacial score (nSPS) is 30.9. The quantitative estimate of drug-likeness (QED) is 0.119. The SMILES string of the molecule is CC(C)CCC[C@H](C)[C@@H]1CC[C@H]2[C@H]3CC=C4C[C@@H](OC(=O)COc5cc6oc(=O)cc(-c7ccccc7)c6cc5Cl)CC[C@]4(C)[C@@H]3CC[C@]2(C)C1. The molecule has 0 spiro atoms. The van der Waals surface area contributed by atoms with Crippen molar-refractivity contribution in [2.75, 3.05) is 6.61 Å². The van der Waals surface area contributed by atoms with Crippen LogP contribution in [0.4, 0.5) is 0 Å². The molecule has 51 heavy (non-hydrogen) atoms. The summed E-state index contributed by atoms with van der Waals surface area (Å²) in [4.78, 5) is 25.5. The number of fused-ring (bicyclic) bond motifs is 6. The number of hydrogen-bond donors (Lipinski definition) is 0. The summed E-state index contributed by atoms with van der Waals surface area (Å²) in [5, 5.41) is 1.04. The zero-order valence-corrected chi connectivity index (χ0v) is 32.1. The first-order valence-corrected chi connectivity index (χ1v) is 20.2. The van der Waals surface area contributed by atoms with E-state index in [9.17, 15) is 9.59 Å². The first-order chi connectivity index (χ1) is 24.4. The molecule has 0 radical (unpaired) electrons. The predicted octanol–water partition coefficient (Wildman–Crippen LogP) is 11.8. The standard InChI is InChI=1S/C45H57ClO5/c1-28(2)10-9-11-29(3)31-14-17-37-34-16-15-32-22-33(18-21-45(32,5)38(34)19-20-44(37,4)26-31)50-43(48)27-49-41-25-40-36(23-39(41)46)35(24-42(47)51-40)30-12-7-6-8-13-30/h6-8,12-13,15,23-25,28-29,31,33-34,37-38H,9-11,14,16-22,26-27H2,1-5H3/t29-,31+,33-,34+,37-,38+,44+,45-/m0/s1. The number of allylic oxidation sites excluding steroid dienone is 1. The molecule has 8 atom stereocenters. The van der Waals surface area contributed by atoms with E-state index in [0.29, 0.717) is 21.4 Å². The zero-order valence-electron chi connectivity index (χ0n) is 31.3. The fourth-order valence-electron chi connectivity index (χ4n) is 11.1. The van der Waals surface area contributed by atoms with Crippen molar-refractivity contribution in [3.8, 4) is 16.9 Å². The van der Waals surface area contributed by atoms with E-state index in [0.717, 1.165) is 65.9 Å². The molecule has 0 saturated heterocycles. The van der Waals surface area contributed by atoms with Gasteiger partial charge in [0.2, 0.25) is 0 Å². The average Bonchev–Trinajstić information content (AvgIpc) is 3.10. The Bertz CT molecular complexity index is 1810. The van der Waals surface area contributed by atoms with Gasteiger partial charge in [0.1, 0.15) is 17.4 Å². The van der Waals surface area contributed by atoms with E-state index in [1.54, 1.807) is 12.1 Å². The average molecular weight is 713 g/mol. The van der Waals surface area contributed by atoms with Crippen molar-refractivity contribution in [2.24, 2.45) is 46.3 Å². The van der Waals surface area contributed by atoms with E-state index < -0.39 is 11.6 Å². The molecule has 4 aliphatic rings. The number of rotatable bonds is 10. The minimum atomic E-state index is -0.464. The second-order valence-corrected chi connectivity index (χ2v) is 18.0. The Morgan fingerprint density at radius 1 is 0.980 bits per heavy atom. The number of esters is 1. The summed E-state index contributed by atoms with van der Waals surface area (Å²) in [6.07, 6.45) is 17.4. The summed E-state index contributed by atoms with van der Waals surface area (Å²) in [5.41, 5.74) is 3.69. The maximum atomic E-state index is 13.1. The zero-order chi connectivity index (χ0) is 35.9. The third-order valence-corrected chi connectivity index (χ3v) is 14.2. The molecule has 0 bridgehead atoms. The Morgan fingerprint density at radius 3 is 2.57 bits per heavy atom. The van der Waals surface area contributed by atoms with Gasteiger partial charge >= 0.3 is 11.6 Å². The van der Waals surface area contributed by atoms with Crippen LogP contribution in [0.3, 0.4) is 0 Å².